The van der Waals surface area contributed by atoms with Gasteiger partial charge in [-0.1, -0.05) is 17.7 Å². The van der Waals surface area contributed by atoms with Gasteiger partial charge < -0.3 is 10.5 Å². The van der Waals surface area contributed by atoms with Crippen molar-refractivity contribution in [2.45, 2.75) is 32.9 Å². The fourth-order valence-corrected chi connectivity index (χ4v) is 2.39. The van der Waals surface area contributed by atoms with Crippen LogP contribution in [0.25, 0.3) is 0 Å². The van der Waals surface area contributed by atoms with Crippen molar-refractivity contribution in [3.8, 4) is 5.75 Å². The fourth-order valence-electron chi connectivity index (χ4n) is 2.39. The largest absolute Gasteiger partial charge is 0.488 e. The van der Waals surface area contributed by atoms with Crippen LogP contribution in [0.4, 0.5) is 5.82 Å². The molecule has 3 rings (SSSR count). The summed E-state index contributed by atoms with van der Waals surface area (Å²) in [5.41, 5.74) is 9.33. The second-order valence-corrected chi connectivity index (χ2v) is 4.97. The molecule has 1 aromatic heterocycles. The Morgan fingerprint density at radius 2 is 2.28 bits per heavy atom. The molecule has 0 fully saturated rings. The van der Waals surface area contributed by atoms with Gasteiger partial charge in [0.25, 0.3) is 0 Å². The minimum Gasteiger partial charge on any atom is -0.488 e. The van der Waals surface area contributed by atoms with Crippen molar-refractivity contribution in [2.24, 2.45) is 0 Å². The van der Waals surface area contributed by atoms with Gasteiger partial charge in [0.05, 0.1) is 6.54 Å². The van der Waals surface area contributed by atoms with Crippen LogP contribution in [0.3, 0.4) is 0 Å². The van der Waals surface area contributed by atoms with Crippen LogP contribution >= 0.6 is 0 Å². The van der Waals surface area contributed by atoms with Gasteiger partial charge >= 0.3 is 0 Å². The van der Waals surface area contributed by atoms with E-state index < -0.39 is 0 Å². The zero-order valence-corrected chi connectivity index (χ0v) is 10.7. The molecule has 0 saturated heterocycles. The van der Waals surface area contributed by atoms with Gasteiger partial charge in [-0.15, -0.1) is 0 Å². The normalized spacial score (nSPS) is 17.6. The smallest absolute Gasteiger partial charge is 0.148 e. The van der Waals surface area contributed by atoms with Crippen LogP contribution in [0.5, 0.6) is 5.75 Å². The lowest BCUT2D eigenvalue weighted by atomic mass is 10.1. The Kier molecular flexibility index (Phi) is 2.51. The average Bonchev–Trinajstić information content (AvgIpc) is 2.82. The van der Waals surface area contributed by atoms with Crippen molar-refractivity contribution < 1.29 is 4.74 Å². The molecule has 0 saturated carbocycles. The SMILES string of the molecule is Cc1ccc2c(c1)CC(Cn1cc(C)c(N)n1)O2. The Balaban J connectivity index is 1.74. The Labute approximate surface area is 106 Å². The lowest BCUT2D eigenvalue weighted by Crippen LogP contribution is -2.21. The predicted octanol–water partition coefficient (Wildman–Crippen LogP) is 2.09. The number of benzene rings is 1. The van der Waals surface area contributed by atoms with Crippen molar-refractivity contribution in [3.05, 3.63) is 41.1 Å². The zero-order chi connectivity index (χ0) is 12.7. The first-order chi connectivity index (χ1) is 8.61. The van der Waals surface area contributed by atoms with Gasteiger partial charge in [0.1, 0.15) is 17.7 Å². The van der Waals surface area contributed by atoms with Gasteiger partial charge in [0, 0.05) is 18.2 Å². The van der Waals surface area contributed by atoms with Gasteiger partial charge in [0.2, 0.25) is 0 Å². The van der Waals surface area contributed by atoms with E-state index in [1.165, 1.54) is 11.1 Å². The first-order valence-corrected chi connectivity index (χ1v) is 6.17. The Bertz CT molecular complexity index is 569. The molecule has 4 nitrogen and oxygen atoms in total. The summed E-state index contributed by atoms with van der Waals surface area (Å²) >= 11 is 0. The number of nitrogen functional groups attached to an aromatic ring is 1. The van der Waals surface area contributed by atoms with Gasteiger partial charge in [0.15, 0.2) is 0 Å². The highest BCUT2D eigenvalue weighted by Crippen LogP contribution is 2.30. The fraction of sp³-hybridized carbons (Fsp3) is 0.357. The maximum Gasteiger partial charge on any atom is 0.148 e. The third-order valence-corrected chi connectivity index (χ3v) is 3.33. The highest BCUT2D eigenvalue weighted by Gasteiger charge is 2.23. The van der Waals surface area contributed by atoms with Crippen LogP contribution in [0.15, 0.2) is 24.4 Å². The second kappa shape index (κ2) is 4.05. The number of hydrogen-bond acceptors (Lipinski definition) is 3. The maximum absolute atomic E-state index is 5.91. The molecule has 18 heavy (non-hydrogen) atoms. The van der Waals surface area contributed by atoms with Gasteiger partial charge in [-0.2, -0.15) is 5.10 Å². The number of anilines is 1. The average molecular weight is 243 g/mol. The molecular weight excluding hydrogens is 226 g/mol. The monoisotopic (exact) mass is 243 g/mol. The number of nitrogens with two attached hydrogens (primary N) is 1. The molecule has 1 unspecified atom stereocenters. The quantitative estimate of drug-likeness (QED) is 0.878. The summed E-state index contributed by atoms with van der Waals surface area (Å²) in [5.74, 6) is 1.60. The molecule has 1 aromatic carbocycles. The first-order valence-electron chi connectivity index (χ1n) is 6.17. The highest BCUT2D eigenvalue weighted by atomic mass is 16.5. The molecule has 1 aliphatic heterocycles. The molecule has 0 bridgehead atoms. The summed E-state index contributed by atoms with van der Waals surface area (Å²) in [4.78, 5) is 0. The number of fused-ring (bicyclic) bond motifs is 1. The van der Waals surface area contributed by atoms with E-state index in [2.05, 4.69) is 24.2 Å². The third-order valence-electron chi connectivity index (χ3n) is 3.33. The molecule has 1 atom stereocenters. The van der Waals surface area contributed by atoms with Crippen LogP contribution in [-0.4, -0.2) is 15.9 Å². The van der Waals surface area contributed by atoms with E-state index in [1.807, 2.05) is 23.9 Å². The summed E-state index contributed by atoms with van der Waals surface area (Å²) in [6.45, 7) is 4.81. The van der Waals surface area contributed by atoms with E-state index in [-0.39, 0.29) is 6.10 Å². The molecule has 2 aromatic rings. The zero-order valence-electron chi connectivity index (χ0n) is 10.7. The van der Waals surface area contributed by atoms with E-state index in [9.17, 15) is 0 Å². The summed E-state index contributed by atoms with van der Waals surface area (Å²) in [7, 11) is 0. The lowest BCUT2D eigenvalue weighted by molar-refractivity contribution is 0.203. The Morgan fingerprint density at radius 3 is 3.00 bits per heavy atom. The standard InChI is InChI=1S/C14H17N3O/c1-9-3-4-13-11(5-9)6-12(18-13)8-17-7-10(2)14(15)16-17/h3-5,7,12H,6,8H2,1-2H3,(H2,15,16). The van der Waals surface area contributed by atoms with Crippen LogP contribution < -0.4 is 10.5 Å². The molecule has 94 valence electrons. The third kappa shape index (κ3) is 1.94. The van der Waals surface area contributed by atoms with Crippen molar-refractivity contribution in [2.75, 3.05) is 5.73 Å². The molecule has 0 radical (unpaired) electrons. The highest BCUT2D eigenvalue weighted by molar-refractivity contribution is 5.40. The summed E-state index contributed by atoms with van der Waals surface area (Å²) in [6.07, 6.45) is 3.06. The number of nitrogens with zero attached hydrogens (tertiary/aromatic N) is 2. The van der Waals surface area contributed by atoms with E-state index >= 15 is 0 Å². The molecule has 0 amide bonds. The number of rotatable bonds is 2. The van der Waals surface area contributed by atoms with Crippen LogP contribution in [0.2, 0.25) is 0 Å². The van der Waals surface area contributed by atoms with Crippen molar-refractivity contribution in [3.63, 3.8) is 0 Å². The number of aryl methyl sites for hydroxylation is 2. The molecule has 2 N–H and O–H groups in total. The summed E-state index contributed by atoms with van der Waals surface area (Å²) in [5, 5.41) is 4.27. The number of ether oxygens (including phenoxy) is 1. The van der Waals surface area contributed by atoms with Crippen LogP contribution in [0, 0.1) is 13.8 Å². The number of aromatic nitrogens is 2. The molecule has 4 heteroatoms. The topological polar surface area (TPSA) is 53.1 Å². The minimum absolute atomic E-state index is 0.153. The molecule has 0 spiro atoms. The Hall–Kier alpha value is -1.97. The van der Waals surface area contributed by atoms with Gasteiger partial charge in [-0.25, -0.2) is 0 Å². The summed E-state index contributed by atoms with van der Waals surface area (Å²) in [6, 6.07) is 6.32. The minimum atomic E-state index is 0.153. The Morgan fingerprint density at radius 1 is 1.44 bits per heavy atom. The van der Waals surface area contributed by atoms with Gasteiger partial charge in [-0.3, -0.25) is 4.68 Å². The second-order valence-electron chi connectivity index (χ2n) is 4.97. The van der Waals surface area contributed by atoms with Crippen molar-refractivity contribution in [1.29, 1.82) is 0 Å². The predicted molar refractivity (Wildman–Crippen MR) is 70.7 cm³/mol. The first kappa shape index (κ1) is 11.1. The molecule has 1 aliphatic rings. The lowest BCUT2D eigenvalue weighted by Gasteiger charge is -2.10. The maximum atomic E-state index is 5.91. The van der Waals surface area contributed by atoms with E-state index in [1.54, 1.807) is 0 Å². The molecule has 2 heterocycles. The van der Waals surface area contributed by atoms with Crippen molar-refractivity contribution in [1.82, 2.24) is 9.78 Å². The van der Waals surface area contributed by atoms with E-state index in [0.29, 0.717) is 5.82 Å². The van der Waals surface area contributed by atoms with E-state index in [0.717, 1.165) is 24.3 Å². The molecular formula is C14H17N3O. The summed E-state index contributed by atoms with van der Waals surface area (Å²) < 4.78 is 7.78. The number of hydrogen-bond donors (Lipinski definition) is 1. The van der Waals surface area contributed by atoms with Crippen LogP contribution in [-0.2, 0) is 13.0 Å². The molecule has 0 aliphatic carbocycles. The van der Waals surface area contributed by atoms with Crippen LogP contribution in [0.1, 0.15) is 16.7 Å². The van der Waals surface area contributed by atoms with Crippen molar-refractivity contribution >= 4 is 5.82 Å². The van der Waals surface area contributed by atoms with E-state index in [4.69, 9.17) is 10.5 Å². The van der Waals surface area contributed by atoms with Gasteiger partial charge in [-0.05, 0) is 25.5 Å².